The number of carbonyl (C=O) groups is 1. The number of aliphatic carboxylic acids is 1. The first kappa shape index (κ1) is 14.2. The van der Waals surface area contributed by atoms with Crippen molar-refractivity contribution >= 4 is 5.97 Å². The van der Waals surface area contributed by atoms with Crippen molar-refractivity contribution < 1.29 is 24.9 Å². The number of aliphatic hydroxyl groups is 2. The number of hydrogen-bond donors (Lipinski definition) is 4. The molecule has 2 rings (SSSR count). The van der Waals surface area contributed by atoms with Crippen molar-refractivity contribution in [2.24, 2.45) is 0 Å². The Balaban J connectivity index is 2.50. The minimum atomic E-state index is -1.36. The molecule has 20 heavy (non-hydrogen) atoms. The molecular formula is C11H12N2O7. The van der Waals surface area contributed by atoms with Gasteiger partial charge < -0.3 is 20.1 Å². The van der Waals surface area contributed by atoms with Crippen LogP contribution in [-0.2, 0) is 9.53 Å². The number of H-pyrrole nitrogens is 1. The molecule has 1 aromatic rings. The summed E-state index contributed by atoms with van der Waals surface area (Å²) in [6.45, 7) is -0.549. The van der Waals surface area contributed by atoms with Gasteiger partial charge in [0.2, 0.25) is 0 Å². The van der Waals surface area contributed by atoms with E-state index in [4.69, 9.17) is 14.9 Å². The Bertz CT molecular complexity index is 659. The maximum absolute atomic E-state index is 11.7. The average Bonchev–Trinajstić information content (AvgIpc) is 2.66. The first-order chi connectivity index (χ1) is 9.43. The fourth-order valence-electron chi connectivity index (χ4n) is 1.96. The van der Waals surface area contributed by atoms with Crippen molar-refractivity contribution in [1.82, 2.24) is 9.55 Å². The van der Waals surface area contributed by atoms with E-state index in [1.54, 1.807) is 0 Å². The number of hydrogen-bond acceptors (Lipinski definition) is 6. The Hall–Kier alpha value is -2.23. The van der Waals surface area contributed by atoms with Crippen molar-refractivity contribution in [3.05, 3.63) is 44.8 Å². The summed E-state index contributed by atoms with van der Waals surface area (Å²) in [6, 6.07) is 1.06. The van der Waals surface area contributed by atoms with E-state index in [9.17, 15) is 19.5 Å². The standard InChI is InChI=1S/C11H12N2O7/c14-4-6-9(18)5(3-8(16)17)10(20-6)13-2-1-7(15)12-11(13)19/h1-3,6,9-10,14,18H,4H2,(H,16,17)(H,12,15,19)/t6-,9+,10-/m1/s1. The molecule has 9 nitrogen and oxygen atoms in total. The van der Waals surface area contributed by atoms with Gasteiger partial charge in [-0.15, -0.1) is 0 Å². The summed E-state index contributed by atoms with van der Waals surface area (Å²) >= 11 is 0. The Morgan fingerprint density at radius 1 is 1.50 bits per heavy atom. The smallest absolute Gasteiger partial charge is 0.330 e. The first-order valence-corrected chi connectivity index (χ1v) is 5.64. The van der Waals surface area contributed by atoms with Gasteiger partial charge in [0.15, 0.2) is 6.23 Å². The fraction of sp³-hybridized carbons (Fsp3) is 0.364. The number of ether oxygens (including phenoxy) is 1. The van der Waals surface area contributed by atoms with Gasteiger partial charge in [0.05, 0.1) is 6.61 Å². The Labute approximate surface area is 111 Å². The lowest BCUT2D eigenvalue weighted by Gasteiger charge is -2.14. The Kier molecular flexibility index (Phi) is 3.84. The number of nitrogens with zero attached hydrogens (tertiary/aromatic N) is 1. The monoisotopic (exact) mass is 284 g/mol. The minimum Gasteiger partial charge on any atom is -0.478 e. The number of aromatic amines is 1. The van der Waals surface area contributed by atoms with E-state index < -0.39 is 42.3 Å². The van der Waals surface area contributed by atoms with Crippen molar-refractivity contribution in [3.8, 4) is 0 Å². The van der Waals surface area contributed by atoms with Crippen molar-refractivity contribution in [3.63, 3.8) is 0 Å². The van der Waals surface area contributed by atoms with Crippen molar-refractivity contribution in [2.75, 3.05) is 6.61 Å². The zero-order chi connectivity index (χ0) is 14.9. The molecule has 3 atom stereocenters. The summed E-state index contributed by atoms with van der Waals surface area (Å²) in [5.74, 6) is -1.33. The first-order valence-electron chi connectivity index (χ1n) is 5.64. The number of aromatic nitrogens is 2. The maximum atomic E-state index is 11.7. The van der Waals surface area contributed by atoms with Gasteiger partial charge in [0, 0.05) is 23.9 Å². The third-order valence-electron chi connectivity index (χ3n) is 2.86. The van der Waals surface area contributed by atoms with Crippen LogP contribution in [0.15, 0.2) is 33.5 Å². The maximum Gasteiger partial charge on any atom is 0.330 e. The summed E-state index contributed by atoms with van der Waals surface area (Å²) in [7, 11) is 0. The normalized spacial score (nSPS) is 27.9. The van der Waals surface area contributed by atoms with Crippen LogP contribution >= 0.6 is 0 Å². The van der Waals surface area contributed by atoms with Crippen LogP contribution in [0.4, 0.5) is 0 Å². The minimum absolute atomic E-state index is 0.0919. The third kappa shape index (κ3) is 2.54. The van der Waals surface area contributed by atoms with Gasteiger partial charge in [-0.1, -0.05) is 0 Å². The van der Waals surface area contributed by atoms with E-state index in [2.05, 4.69) is 0 Å². The van der Waals surface area contributed by atoms with Gasteiger partial charge in [-0.05, 0) is 0 Å². The summed E-state index contributed by atoms with van der Waals surface area (Å²) in [4.78, 5) is 35.4. The number of carboxylic acid groups (broad SMARTS) is 1. The second kappa shape index (κ2) is 5.41. The highest BCUT2D eigenvalue weighted by atomic mass is 16.5. The third-order valence-corrected chi connectivity index (χ3v) is 2.86. The molecule has 2 heterocycles. The van der Waals surface area contributed by atoms with Gasteiger partial charge in [0.1, 0.15) is 12.2 Å². The topological polar surface area (TPSA) is 142 Å². The molecule has 0 spiro atoms. The molecule has 0 saturated carbocycles. The highest BCUT2D eigenvalue weighted by Crippen LogP contribution is 2.32. The van der Waals surface area contributed by atoms with E-state index >= 15 is 0 Å². The number of nitrogens with one attached hydrogen (secondary N) is 1. The lowest BCUT2D eigenvalue weighted by molar-refractivity contribution is -0.131. The predicted molar refractivity (Wildman–Crippen MR) is 64.0 cm³/mol. The molecule has 0 aliphatic carbocycles. The zero-order valence-electron chi connectivity index (χ0n) is 10.1. The predicted octanol–water partition coefficient (Wildman–Crippen LogP) is -2.20. The van der Waals surface area contributed by atoms with Crippen LogP contribution in [0.25, 0.3) is 0 Å². The van der Waals surface area contributed by atoms with E-state index in [0.29, 0.717) is 6.08 Å². The molecule has 1 fully saturated rings. The SMILES string of the molecule is O=C(O)C=C1[C@H](n2ccc(=O)[nH]c2=O)O[C@H](CO)[C@H]1O. The second-order valence-corrected chi connectivity index (χ2v) is 4.15. The Morgan fingerprint density at radius 3 is 2.75 bits per heavy atom. The molecule has 0 radical (unpaired) electrons. The van der Waals surface area contributed by atoms with Crippen LogP contribution in [0.3, 0.4) is 0 Å². The summed E-state index contributed by atoms with van der Waals surface area (Å²) in [5, 5.41) is 27.7. The molecule has 1 aromatic heterocycles. The van der Waals surface area contributed by atoms with Crippen molar-refractivity contribution in [1.29, 1.82) is 0 Å². The average molecular weight is 284 g/mol. The van der Waals surface area contributed by atoms with Crippen LogP contribution in [0.2, 0.25) is 0 Å². The molecule has 0 bridgehead atoms. The zero-order valence-corrected chi connectivity index (χ0v) is 10.1. The van der Waals surface area contributed by atoms with Crippen LogP contribution in [-0.4, -0.2) is 49.7 Å². The van der Waals surface area contributed by atoms with Gasteiger partial charge >= 0.3 is 11.7 Å². The summed E-state index contributed by atoms with van der Waals surface area (Å²) < 4.78 is 6.18. The number of aliphatic hydroxyl groups excluding tert-OH is 2. The van der Waals surface area contributed by atoms with Gasteiger partial charge in [0.25, 0.3) is 5.56 Å². The fourth-order valence-corrected chi connectivity index (χ4v) is 1.96. The van der Waals surface area contributed by atoms with Crippen molar-refractivity contribution in [2.45, 2.75) is 18.4 Å². The van der Waals surface area contributed by atoms with E-state index in [1.165, 1.54) is 0 Å². The molecule has 0 unspecified atom stereocenters. The summed E-state index contributed by atoms with van der Waals surface area (Å²) in [5.41, 5.74) is -1.53. The molecular weight excluding hydrogens is 272 g/mol. The van der Waals surface area contributed by atoms with Gasteiger partial charge in [-0.25, -0.2) is 9.59 Å². The molecule has 0 aromatic carbocycles. The van der Waals surface area contributed by atoms with E-state index in [1.807, 2.05) is 4.98 Å². The summed E-state index contributed by atoms with van der Waals surface area (Å²) in [6.07, 6.45) is -1.79. The quantitative estimate of drug-likeness (QED) is 0.461. The number of carboxylic acids is 1. The van der Waals surface area contributed by atoms with Crippen LogP contribution < -0.4 is 11.2 Å². The van der Waals surface area contributed by atoms with Crippen LogP contribution in [0, 0.1) is 0 Å². The largest absolute Gasteiger partial charge is 0.478 e. The Morgan fingerprint density at radius 2 is 2.20 bits per heavy atom. The van der Waals surface area contributed by atoms with E-state index in [0.717, 1.165) is 16.8 Å². The van der Waals surface area contributed by atoms with Crippen LogP contribution in [0.1, 0.15) is 6.23 Å². The lowest BCUT2D eigenvalue weighted by Crippen LogP contribution is -2.32. The molecule has 0 amide bonds. The van der Waals surface area contributed by atoms with E-state index in [-0.39, 0.29) is 5.57 Å². The molecule has 108 valence electrons. The number of rotatable bonds is 3. The molecule has 9 heteroatoms. The van der Waals surface area contributed by atoms with Crippen LogP contribution in [0.5, 0.6) is 0 Å². The molecule has 1 aliphatic heterocycles. The molecule has 1 saturated heterocycles. The van der Waals surface area contributed by atoms with Gasteiger partial charge in [-0.3, -0.25) is 14.3 Å². The lowest BCUT2D eigenvalue weighted by atomic mass is 10.1. The second-order valence-electron chi connectivity index (χ2n) is 4.15. The molecule has 4 N–H and O–H groups in total. The highest BCUT2D eigenvalue weighted by Gasteiger charge is 2.40. The van der Waals surface area contributed by atoms with Gasteiger partial charge in [-0.2, -0.15) is 0 Å². The highest BCUT2D eigenvalue weighted by molar-refractivity contribution is 5.81. The molecule has 1 aliphatic rings.